The largest absolute Gasteiger partial charge is 0.315 e. The van der Waals surface area contributed by atoms with Gasteiger partial charge in [-0.2, -0.15) is 0 Å². The number of likely N-dealkylation sites (tertiary alicyclic amines) is 1. The van der Waals surface area contributed by atoms with Crippen LogP contribution < -0.4 is 5.32 Å². The highest BCUT2D eigenvalue weighted by molar-refractivity contribution is 4.93. The van der Waals surface area contributed by atoms with Crippen molar-refractivity contribution in [3.63, 3.8) is 0 Å². The van der Waals surface area contributed by atoms with Gasteiger partial charge < -0.3 is 5.32 Å². The van der Waals surface area contributed by atoms with Crippen LogP contribution in [0.5, 0.6) is 0 Å². The van der Waals surface area contributed by atoms with Crippen molar-refractivity contribution >= 4 is 0 Å². The second kappa shape index (κ2) is 6.38. The maximum Gasteiger partial charge on any atom is 0.0251 e. The van der Waals surface area contributed by atoms with Gasteiger partial charge in [0.15, 0.2) is 0 Å². The molecule has 1 heterocycles. The summed E-state index contributed by atoms with van der Waals surface area (Å²) in [7, 11) is 2.15. The maximum absolute atomic E-state index is 3.58. The van der Waals surface area contributed by atoms with Gasteiger partial charge in [-0.05, 0) is 57.0 Å². The molecule has 2 heteroatoms. The second-order valence-electron chi connectivity index (χ2n) is 6.84. The van der Waals surface area contributed by atoms with Gasteiger partial charge in [-0.1, -0.05) is 27.2 Å². The summed E-state index contributed by atoms with van der Waals surface area (Å²) in [5, 5.41) is 3.58. The van der Waals surface area contributed by atoms with Crippen LogP contribution in [0.15, 0.2) is 0 Å². The van der Waals surface area contributed by atoms with Crippen LogP contribution in [0.4, 0.5) is 0 Å². The number of hydrogen-bond donors (Lipinski definition) is 1. The summed E-state index contributed by atoms with van der Waals surface area (Å²) in [5.74, 6) is 2.76. The molecule has 0 aromatic carbocycles. The van der Waals surface area contributed by atoms with Gasteiger partial charge in [0.05, 0.1) is 0 Å². The Kier molecular flexibility index (Phi) is 5.08. The highest BCUT2D eigenvalue weighted by Gasteiger charge is 2.36. The first-order chi connectivity index (χ1) is 8.65. The summed E-state index contributed by atoms with van der Waals surface area (Å²) in [6, 6.07) is 1.54. The van der Waals surface area contributed by atoms with Gasteiger partial charge >= 0.3 is 0 Å². The first kappa shape index (κ1) is 14.3. The Morgan fingerprint density at radius 2 is 2.00 bits per heavy atom. The number of nitrogens with zero attached hydrogens (tertiary/aromatic N) is 1. The van der Waals surface area contributed by atoms with Crippen LogP contribution in [-0.2, 0) is 0 Å². The molecule has 0 spiro atoms. The lowest BCUT2D eigenvalue weighted by atomic mass is 9.80. The predicted molar refractivity (Wildman–Crippen MR) is 78.8 cm³/mol. The van der Waals surface area contributed by atoms with E-state index in [0.717, 1.165) is 29.8 Å². The quantitative estimate of drug-likeness (QED) is 0.827. The molecule has 0 radical (unpaired) electrons. The van der Waals surface area contributed by atoms with Gasteiger partial charge in [0.25, 0.3) is 0 Å². The number of rotatable bonds is 4. The normalized spacial score (nSPS) is 38.5. The molecule has 1 saturated carbocycles. The zero-order valence-corrected chi connectivity index (χ0v) is 12.8. The van der Waals surface area contributed by atoms with E-state index >= 15 is 0 Å². The van der Waals surface area contributed by atoms with E-state index in [9.17, 15) is 0 Å². The molecule has 1 saturated heterocycles. The molecule has 18 heavy (non-hydrogen) atoms. The monoisotopic (exact) mass is 252 g/mol. The maximum atomic E-state index is 3.58. The van der Waals surface area contributed by atoms with Crippen molar-refractivity contribution in [3.05, 3.63) is 0 Å². The third-order valence-corrected chi connectivity index (χ3v) is 5.54. The predicted octanol–water partition coefficient (Wildman–Crippen LogP) is 3.13. The summed E-state index contributed by atoms with van der Waals surface area (Å²) in [6.07, 6.45) is 7.02. The van der Waals surface area contributed by atoms with Crippen molar-refractivity contribution in [1.82, 2.24) is 10.2 Å². The molecular formula is C16H32N2. The Hall–Kier alpha value is -0.0800. The lowest BCUT2D eigenvalue weighted by Gasteiger charge is -2.41. The van der Waals surface area contributed by atoms with Gasteiger partial charge in [-0.15, -0.1) is 0 Å². The van der Waals surface area contributed by atoms with Gasteiger partial charge in [0.2, 0.25) is 0 Å². The minimum Gasteiger partial charge on any atom is -0.315 e. The third kappa shape index (κ3) is 3.08. The van der Waals surface area contributed by atoms with Crippen molar-refractivity contribution in [2.24, 2.45) is 17.8 Å². The molecule has 0 aromatic heterocycles. The van der Waals surface area contributed by atoms with Crippen molar-refractivity contribution in [1.29, 1.82) is 0 Å². The van der Waals surface area contributed by atoms with Crippen LogP contribution in [0.25, 0.3) is 0 Å². The summed E-state index contributed by atoms with van der Waals surface area (Å²) in [5.41, 5.74) is 0. The molecule has 2 nitrogen and oxygen atoms in total. The van der Waals surface area contributed by atoms with E-state index in [-0.39, 0.29) is 0 Å². The van der Waals surface area contributed by atoms with Gasteiger partial charge in [-0.3, -0.25) is 4.90 Å². The first-order valence-corrected chi connectivity index (χ1v) is 8.07. The fourth-order valence-corrected chi connectivity index (χ4v) is 4.00. The van der Waals surface area contributed by atoms with E-state index in [4.69, 9.17) is 0 Å². The van der Waals surface area contributed by atoms with Crippen molar-refractivity contribution in [3.8, 4) is 0 Å². The Bertz CT molecular complexity index is 251. The average molecular weight is 252 g/mol. The average Bonchev–Trinajstić information content (AvgIpc) is 2.87. The molecule has 2 fully saturated rings. The lowest BCUT2D eigenvalue weighted by Crippen LogP contribution is -2.51. The molecular weight excluding hydrogens is 220 g/mol. The fourth-order valence-electron chi connectivity index (χ4n) is 4.00. The second-order valence-corrected chi connectivity index (χ2v) is 6.84. The van der Waals surface area contributed by atoms with E-state index in [0.29, 0.717) is 0 Å². The molecule has 4 atom stereocenters. The molecule has 4 unspecified atom stereocenters. The summed E-state index contributed by atoms with van der Waals surface area (Å²) in [4.78, 5) is 2.80. The standard InChI is InChI=1S/C16H32N2/c1-5-13-6-7-15(17-4)16(10-13)18-9-8-14(11-18)12(2)3/h12-17H,5-11H2,1-4H3. The van der Waals surface area contributed by atoms with Crippen LogP contribution in [-0.4, -0.2) is 37.1 Å². The molecule has 1 N–H and O–H groups in total. The molecule has 106 valence electrons. The Labute approximate surface area is 114 Å². The minimum absolute atomic E-state index is 0.735. The van der Waals surface area contributed by atoms with Crippen LogP contribution in [0.2, 0.25) is 0 Å². The third-order valence-electron chi connectivity index (χ3n) is 5.54. The smallest absolute Gasteiger partial charge is 0.0251 e. The highest BCUT2D eigenvalue weighted by Crippen LogP contribution is 2.34. The molecule has 0 bridgehead atoms. The van der Waals surface area contributed by atoms with Crippen LogP contribution in [0, 0.1) is 17.8 Å². The highest BCUT2D eigenvalue weighted by atomic mass is 15.2. The van der Waals surface area contributed by atoms with Gasteiger partial charge in [0, 0.05) is 18.6 Å². The van der Waals surface area contributed by atoms with Crippen molar-refractivity contribution < 1.29 is 0 Å². The lowest BCUT2D eigenvalue weighted by molar-refractivity contribution is 0.114. The van der Waals surface area contributed by atoms with E-state index in [2.05, 4.69) is 38.0 Å². The zero-order valence-electron chi connectivity index (χ0n) is 12.8. The molecule has 1 aliphatic carbocycles. The SMILES string of the molecule is CCC1CCC(NC)C(N2CCC(C(C)C)C2)C1. The molecule has 0 amide bonds. The van der Waals surface area contributed by atoms with E-state index in [1.165, 1.54) is 45.2 Å². The first-order valence-electron chi connectivity index (χ1n) is 8.07. The van der Waals surface area contributed by atoms with E-state index in [1.807, 2.05) is 0 Å². The topological polar surface area (TPSA) is 15.3 Å². The van der Waals surface area contributed by atoms with Crippen LogP contribution >= 0.6 is 0 Å². The van der Waals surface area contributed by atoms with Crippen LogP contribution in [0.3, 0.4) is 0 Å². The van der Waals surface area contributed by atoms with Gasteiger partial charge in [0.1, 0.15) is 0 Å². The summed E-state index contributed by atoms with van der Waals surface area (Å²) in [6.45, 7) is 9.82. The molecule has 2 aliphatic rings. The van der Waals surface area contributed by atoms with E-state index < -0.39 is 0 Å². The summed E-state index contributed by atoms with van der Waals surface area (Å²) >= 11 is 0. The van der Waals surface area contributed by atoms with Crippen LogP contribution in [0.1, 0.15) is 52.9 Å². The fraction of sp³-hybridized carbons (Fsp3) is 1.00. The van der Waals surface area contributed by atoms with Gasteiger partial charge in [-0.25, -0.2) is 0 Å². The minimum atomic E-state index is 0.735. The zero-order chi connectivity index (χ0) is 13.1. The number of nitrogens with one attached hydrogen (secondary N) is 1. The number of likely N-dealkylation sites (N-methyl/N-ethyl adjacent to an activating group) is 1. The number of hydrogen-bond acceptors (Lipinski definition) is 2. The molecule has 2 rings (SSSR count). The van der Waals surface area contributed by atoms with E-state index in [1.54, 1.807) is 0 Å². The molecule has 1 aliphatic heterocycles. The van der Waals surface area contributed by atoms with Crippen molar-refractivity contribution in [2.45, 2.75) is 65.0 Å². The molecule has 0 aromatic rings. The Morgan fingerprint density at radius 3 is 2.56 bits per heavy atom. The van der Waals surface area contributed by atoms with Crippen molar-refractivity contribution in [2.75, 3.05) is 20.1 Å². The Morgan fingerprint density at radius 1 is 1.22 bits per heavy atom. The Balaban J connectivity index is 1.96. The summed E-state index contributed by atoms with van der Waals surface area (Å²) < 4.78 is 0.